The standard InChI is InChI=1S/C25H46O2/c1-5-6-7-8-9-10-11-12-14-17-22(2)20-24(4)21-23(3)18-15-13-16-19-25(26)27/h17,21,23H,5-16,18-20H2,1-4H3,(H,26,27)/b22-17-,24-21+/t23-/m0/s1. The molecule has 0 aromatic rings. The third-order valence-electron chi connectivity index (χ3n) is 5.23. The number of carboxylic acid groups (broad SMARTS) is 1. The van der Waals surface area contributed by atoms with Crippen LogP contribution in [0.4, 0.5) is 0 Å². The molecule has 0 amide bonds. The number of hydrogen-bond acceptors (Lipinski definition) is 1. The Bertz CT molecular complexity index is 420. The van der Waals surface area contributed by atoms with Crippen molar-refractivity contribution in [3.05, 3.63) is 23.3 Å². The second-order valence-corrected chi connectivity index (χ2v) is 8.47. The van der Waals surface area contributed by atoms with Crippen LogP contribution in [0.2, 0.25) is 0 Å². The summed E-state index contributed by atoms with van der Waals surface area (Å²) < 4.78 is 0. The molecule has 0 aliphatic carbocycles. The molecule has 0 rings (SSSR count). The molecule has 0 unspecified atom stereocenters. The zero-order chi connectivity index (χ0) is 20.3. The SMILES string of the molecule is CCCCCCCCCC/C=C(/C)C/C(C)=C/[C@@H](C)CCCCCC(=O)O. The van der Waals surface area contributed by atoms with Gasteiger partial charge in [0.25, 0.3) is 0 Å². The molecule has 0 aromatic heterocycles. The van der Waals surface area contributed by atoms with Gasteiger partial charge in [-0.15, -0.1) is 0 Å². The van der Waals surface area contributed by atoms with Crippen LogP contribution in [0.5, 0.6) is 0 Å². The van der Waals surface area contributed by atoms with E-state index in [1.807, 2.05) is 0 Å². The number of rotatable bonds is 18. The highest BCUT2D eigenvalue weighted by Crippen LogP contribution is 2.18. The van der Waals surface area contributed by atoms with Gasteiger partial charge in [0.05, 0.1) is 0 Å². The molecule has 0 aromatic carbocycles. The van der Waals surface area contributed by atoms with Gasteiger partial charge in [0.2, 0.25) is 0 Å². The zero-order valence-corrected chi connectivity index (χ0v) is 18.7. The van der Waals surface area contributed by atoms with E-state index >= 15 is 0 Å². The molecular weight excluding hydrogens is 332 g/mol. The van der Waals surface area contributed by atoms with Gasteiger partial charge >= 0.3 is 5.97 Å². The van der Waals surface area contributed by atoms with Crippen LogP contribution in [0.25, 0.3) is 0 Å². The smallest absolute Gasteiger partial charge is 0.303 e. The summed E-state index contributed by atoms with van der Waals surface area (Å²) in [5.41, 5.74) is 2.97. The predicted molar refractivity (Wildman–Crippen MR) is 119 cm³/mol. The summed E-state index contributed by atoms with van der Waals surface area (Å²) in [6.07, 6.45) is 22.7. The molecular formula is C25H46O2. The average Bonchev–Trinajstić information content (AvgIpc) is 2.59. The highest BCUT2D eigenvalue weighted by molar-refractivity contribution is 5.66. The Morgan fingerprint density at radius 1 is 0.852 bits per heavy atom. The van der Waals surface area contributed by atoms with E-state index in [1.165, 1.54) is 68.9 Å². The van der Waals surface area contributed by atoms with Crippen LogP contribution in [-0.4, -0.2) is 11.1 Å². The molecule has 0 aliphatic rings. The van der Waals surface area contributed by atoms with E-state index in [0.717, 1.165) is 32.1 Å². The highest BCUT2D eigenvalue weighted by Gasteiger charge is 2.02. The molecule has 0 saturated heterocycles. The van der Waals surface area contributed by atoms with E-state index in [2.05, 4.69) is 39.8 Å². The maximum Gasteiger partial charge on any atom is 0.303 e. The lowest BCUT2D eigenvalue weighted by Crippen LogP contribution is -1.95. The van der Waals surface area contributed by atoms with E-state index in [1.54, 1.807) is 0 Å². The molecule has 0 saturated carbocycles. The number of unbranched alkanes of at least 4 members (excludes halogenated alkanes) is 10. The van der Waals surface area contributed by atoms with Gasteiger partial charge in [-0.25, -0.2) is 0 Å². The Kier molecular flexibility index (Phi) is 17.6. The van der Waals surface area contributed by atoms with Crippen molar-refractivity contribution in [2.45, 2.75) is 124 Å². The number of hydrogen-bond donors (Lipinski definition) is 1. The van der Waals surface area contributed by atoms with Crippen LogP contribution < -0.4 is 0 Å². The van der Waals surface area contributed by atoms with Crippen molar-refractivity contribution in [2.75, 3.05) is 0 Å². The molecule has 2 heteroatoms. The third-order valence-corrected chi connectivity index (χ3v) is 5.23. The summed E-state index contributed by atoms with van der Waals surface area (Å²) in [6, 6.07) is 0. The Labute approximate surface area is 169 Å². The molecule has 27 heavy (non-hydrogen) atoms. The van der Waals surface area contributed by atoms with Crippen molar-refractivity contribution < 1.29 is 9.90 Å². The van der Waals surface area contributed by atoms with Gasteiger partial charge in [-0.3, -0.25) is 4.79 Å². The minimum absolute atomic E-state index is 0.312. The lowest BCUT2D eigenvalue weighted by Gasteiger charge is -2.09. The molecule has 1 atom stereocenters. The molecule has 0 aliphatic heterocycles. The maximum absolute atomic E-state index is 10.5. The van der Waals surface area contributed by atoms with Gasteiger partial charge in [0.1, 0.15) is 0 Å². The number of allylic oxidation sites excluding steroid dienone is 4. The second kappa shape index (κ2) is 18.3. The maximum atomic E-state index is 10.5. The van der Waals surface area contributed by atoms with Crippen molar-refractivity contribution in [1.82, 2.24) is 0 Å². The first-order valence-corrected chi connectivity index (χ1v) is 11.5. The molecule has 0 spiro atoms. The van der Waals surface area contributed by atoms with Crippen LogP contribution in [-0.2, 0) is 4.79 Å². The molecule has 0 radical (unpaired) electrons. The van der Waals surface area contributed by atoms with Crippen LogP contribution >= 0.6 is 0 Å². The number of aliphatic carboxylic acids is 1. The lowest BCUT2D eigenvalue weighted by atomic mass is 9.97. The second-order valence-electron chi connectivity index (χ2n) is 8.47. The van der Waals surface area contributed by atoms with E-state index in [0.29, 0.717) is 12.3 Å². The van der Waals surface area contributed by atoms with Crippen molar-refractivity contribution >= 4 is 5.97 Å². The fourth-order valence-corrected chi connectivity index (χ4v) is 3.69. The van der Waals surface area contributed by atoms with E-state index in [-0.39, 0.29) is 0 Å². The van der Waals surface area contributed by atoms with Gasteiger partial charge in [0.15, 0.2) is 0 Å². The Balaban J connectivity index is 3.77. The average molecular weight is 379 g/mol. The third kappa shape index (κ3) is 19.5. The van der Waals surface area contributed by atoms with Gasteiger partial charge in [-0.05, 0) is 51.9 Å². The fraction of sp³-hybridized carbons (Fsp3) is 0.800. The predicted octanol–water partition coefficient (Wildman–Crippen LogP) is 8.47. The van der Waals surface area contributed by atoms with Gasteiger partial charge in [-0.1, -0.05) is 94.9 Å². The fourth-order valence-electron chi connectivity index (χ4n) is 3.69. The van der Waals surface area contributed by atoms with Crippen LogP contribution in [0.1, 0.15) is 124 Å². The molecule has 158 valence electrons. The van der Waals surface area contributed by atoms with Gasteiger partial charge in [0, 0.05) is 6.42 Å². The number of carboxylic acids is 1. The minimum atomic E-state index is -0.673. The monoisotopic (exact) mass is 378 g/mol. The minimum Gasteiger partial charge on any atom is -0.481 e. The Morgan fingerprint density at radius 3 is 2.07 bits per heavy atom. The molecule has 1 N–H and O–H groups in total. The summed E-state index contributed by atoms with van der Waals surface area (Å²) in [5.74, 6) is -0.0802. The van der Waals surface area contributed by atoms with Gasteiger partial charge in [-0.2, -0.15) is 0 Å². The van der Waals surface area contributed by atoms with Crippen molar-refractivity contribution in [3.8, 4) is 0 Å². The van der Waals surface area contributed by atoms with Crippen molar-refractivity contribution in [1.29, 1.82) is 0 Å². The highest BCUT2D eigenvalue weighted by atomic mass is 16.4. The lowest BCUT2D eigenvalue weighted by molar-refractivity contribution is -0.137. The first-order valence-electron chi connectivity index (χ1n) is 11.5. The normalized spacial score (nSPS) is 13.8. The quantitative estimate of drug-likeness (QED) is 0.192. The first-order chi connectivity index (χ1) is 13.0. The van der Waals surface area contributed by atoms with E-state index in [9.17, 15) is 4.79 Å². The topological polar surface area (TPSA) is 37.3 Å². The van der Waals surface area contributed by atoms with E-state index < -0.39 is 5.97 Å². The number of carbonyl (C=O) groups is 1. The largest absolute Gasteiger partial charge is 0.481 e. The van der Waals surface area contributed by atoms with Crippen molar-refractivity contribution in [3.63, 3.8) is 0 Å². The molecule has 0 fully saturated rings. The van der Waals surface area contributed by atoms with Crippen molar-refractivity contribution in [2.24, 2.45) is 5.92 Å². The van der Waals surface area contributed by atoms with Crippen LogP contribution in [0.15, 0.2) is 23.3 Å². The summed E-state index contributed by atoms with van der Waals surface area (Å²) in [5, 5.41) is 8.65. The molecule has 0 heterocycles. The molecule has 2 nitrogen and oxygen atoms in total. The van der Waals surface area contributed by atoms with E-state index in [4.69, 9.17) is 5.11 Å². The Hall–Kier alpha value is -1.05. The Morgan fingerprint density at radius 2 is 1.44 bits per heavy atom. The summed E-state index contributed by atoms with van der Waals surface area (Å²) in [4.78, 5) is 10.5. The molecule has 0 bridgehead atoms. The summed E-state index contributed by atoms with van der Waals surface area (Å²) >= 11 is 0. The van der Waals surface area contributed by atoms with Gasteiger partial charge < -0.3 is 5.11 Å². The first kappa shape index (κ1) is 26.0. The van der Waals surface area contributed by atoms with Crippen LogP contribution in [0.3, 0.4) is 0 Å². The summed E-state index contributed by atoms with van der Waals surface area (Å²) in [7, 11) is 0. The van der Waals surface area contributed by atoms with Crippen LogP contribution in [0, 0.1) is 5.92 Å². The zero-order valence-electron chi connectivity index (χ0n) is 18.7. The summed E-state index contributed by atoms with van der Waals surface area (Å²) in [6.45, 7) is 9.06.